The monoisotopic (exact) mass is 344 g/mol. The number of hydrogen-bond donors (Lipinski definition) is 2. The lowest BCUT2D eigenvalue weighted by Crippen LogP contribution is -2.21. The highest BCUT2D eigenvalue weighted by Gasteiger charge is 2.03. The van der Waals surface area contributed by atoms with Gasteiger partial charge in [0.05, 0.1) is 6.54 Å². The summed E-state index contributed by atoms with van der Waals surface area (Å²) in [5, 5.41) is 5.69. The highest BCUT2D eigenvalue weighted by molar-refractivity contribution is 5.93. The van der Waals surface area contributed by atoms with Gasteiger partial charge in [0, 0.05) is 22.5 Å². The molecule has 0 heterocycles. The molecule has 3 rings (SSSR count). The van der Waals surface area contributed by atoms with Crippen LogP contribution in [0.4, 0.5) is 15.8 Å². The van der Waals surface area contributed by atoms with Gasteiger partial charge in [-0.1, -0.05) is 42.2 Å². The van der Waals surface area contributed by atoms with Crippen molar-refractivity contribution in [3.8, 4) is 11.8 Å². The third-order valence-corrected chi connectivity index (χ3v) is 3.55. The maximum Gasteiger partial charge on any atom is 0.243 e. The Hall–Kier alpha value is -3.58. The number of carbonyl (C=O) groups is 1. The van der Waals surface area contributed by atoms with Gasteiger partial charge in [-0.3, -0.25) is 4.79 Å². The van der Waals surface area contributed by atoms with Crippen molar-refractivity contribution in [2.24, 2.45) is 0 Å². The average molecular weight is 344 g/mol. The van der Waals surface area contributed by atoms with Crippen molar-refractivity contribution in [3.63, 3.8) is 0 Å². The molecule has 2 N–H and O–H groups in total. The number of halogens is 1. The van der Waals surface area contributed by atoms with Gasteiger partial charge in [-0.25, -0.2) is 4.39 Å². The van der Waals surface area contributed by atoms with E-state index in [1.807, 2.05) is 54.6 Å². The number of rotatable bonds is 4. The van der Waals surface area contributed by atoms with E-state index >= 15 is 0 Å². The van der Waals surface area contributed by atoms with Crippen LogP contribution in [0.5, 0.6) is 0 Å². The van der Waals surface area contributed by atoms with Gasteiger partial charge >= 0.3 is 0 Å². The fourth-order valence-corrected chi connectivity index (χ4v) is 2.33. The number of carbonyl (C=O) groups excluding carboxylic acids is 1. The normalized spacial score (nSPS) is 9.73. The van der Waals surface area contributed by atoms with Crippen LogP contribution in [-0.2, 0) is 4.79 Å². The minimum atomic E-state index is -0.388. The van der Waals surface area contributed by atoms with Crippen molar-refractivity contribution in [1.29, 1.82) is 0 Å². The molecular formula is C22H17FN2O. The first-order valence-electron chi connectivity index (χ1n) is 8.15. The van der Waals surface area contributed by atoms with Crippen molar-refractivity contribution in [1.82, 2.24) is 0 Å². The Morgan fingerprint density at radius 2 is 1.50 bits per heavy atom. The van der Waals surface area contributed by atoms with Gasteiger partial charge in [0.2, 0.25) is 5.91 Å². The Kier molecular flexibility index (Phi) is 5.64. The summed E-state index contributed by atoms with van der Waals surface area (Å²) in [5.41, 5.74) is 3.02. The highest BCUT2D eigenvalue weighted by Crippen LogP contribution is 2.11. The maximum absolute atomic E-state index is 13.1. The topological polar surface area (TPSA) is 41.1 Å². The van der Waals surface area contributed by atoms with Crippen LogP contribution in [0, 0.1) is 17.7 Å². The van der Waals surface area contributed by atoms with E-state index in [2.05, 4.69) is 22.5 Å². The van der Waals surface area contributed by atoms with Crippen LogP contribution in [-0.4, -0.2) is 12.5 Å². The van der Waals surface area contributed by atoms with Crippen LogP contribution in [0.3, 0.4) is 0 Å². The first-order valence-corrected chi connectivity index (χ1v) is 8.15. The largest absolute Gasteiger partial charge is 0.376 e. The van der Waals surface area contributed by atoms with Crippen LogP contribution < -0.4 is 10.6 Å². The molecule has 0 bridgehead atoms. The minimum absolute atomic E-state index is 0.0755. The highest BCUT2D eigenvalue weighted by atomic mass is 19.1. The van der Waals surface area contributed by atoms with Crippen molar-refractivity contribution in [2.75, 3.05) is 17.2 Å². The minimum Gasteiger partial charge on any atom is -0.376 e. The van der Waals surface area contributed by atoms with E-state index in [1.165, 1.54) is 12.1 Å². The molecule has 3 aromatic carbocycles. The molecule has 1 amide bonds. The van der Waals surface area contributed by atoms with Gasteiger partial charge in [-0.05, 0) is 48.5 Å². The Bertz CT molecular complexity index is 958. The van der Waals surface area contributed by atoms with E-state index < -0.39 is 0 Å². The van der Waals surface area contributed by atoms with Crippen LogP contribution in [0.25, 0.3) is 0 Å². The molecule has 0 radical (unpaired) electrons. The second kappa shape index (κ2) is 8.50. The molecule has 0 aromatic heterocycles. The lowest BCUT2D eigenvalue weighted by molar-refractivity contribution is -0.114. The van der Waals surface area contributed by atoms with Gasteiger partial charge in [-0.15, -0.1) is 0 Å². The van der Waals surface area contributed by atoms with Gasteiger partial charge in [0.1, 0.15) is 5.82 Å². The Balaban J connectivity index is 1.59. The van der Waals surface area contributed by atoms with Crippen molar-refractivity contribution < 1.29 is 9.18 Å². The molecule has 0 saturated carbocycles. The average Bonchev–Trinajstić information content (AvgIpc) is 2.66. The summed E-state index contributed by atoms with van der Waals surface area (Å²) < 4.78 is 13.1. The zero-order chi connectivity index (χ0) is 18.2. The number of nitrogens with one attached hydrogen (secondary N) is 2. The quantitative estimate of drug-likeness (QED) is 0.694. The molecule has 0 unspecified atom stereocenters. The predicted octanol–water partition coefficient (Wildman–Crippen LogP) is 4.28. The summed E-state index contributed by atoms with van der Waals surface area (Å²) in [5.74, 6) is 5.56. The smallest absolute Gasteiger partial charge is 0.243 e. The van der Waals surface area contributed by atoms with Gasteiger partial charge < -0.3 is 10.6 Å². The molecule has 3 aromatic rings. The molecule has 26 heavy (non-hydrogen) atoms. The van der Waals surface area contributed by atoms with Crippen LogP contribution in [0.15, 0.2) is 78.9 Å². The van der Waals surface area contributed by atoms with Crippen LogP contribution >= 0.6 is 0 Å². The molecule has 0 saturated heterocycles. The van der Waals surface area contributed by atoms with Crippen molar-refractivity contribution in [2.45, 2.75) is 0 Å². The first-order chi connectivity index (χ1) is 12.7. The zero-order valence-corrected chi connectivity index (χ0v) is 14.0. The van der Waals surface area contributed by atoms with Crippen molar-refractivity contribution in [3.05, 3.63) is 95.8 Å². The second-order valence-electron chi connectivity index (χ2n) is 5.61. The summed E-state index contributed by atoms with van der Waals surface area (Å²) in [6, 6.07) is 23.1. The lowest BCUT2D eigenvalue weighted by Gasteiger charge is -2.08. The molecule has 128 valence electrons. The molecule has 0 fully saturated rings. The molecule has 4 heteroatoms. The molecule has 3 nitrogen and oxygen atoms in total. The summed E-state index contributed by atoms with van der Waals surface area (Å²) >= 11 is 0. The maximum atomic E-state index is 13.1. The number of amides is 1. The van der Waals surface area contributed by atoms with E-state index in [1.54, 1.807) is 12.1 Å². The molecule has 0 atom stereocenters. The van der Waals surface area contributed by atoms with Crippen molar-refractivity contribution >= 4 is 17.3 Å². The number of benzene rings is 3. The Morgan fingerprint density at radius 1 is 0.808 bits per heavy atom. The van der Waals surface area contributed by atoms with Crippen LogP contribution in [0.2, 0.25) is 0 Å². The van der Waals surface area contributed by atoms with Gasteiger partial charge in [0.25, 0.3) is 0 Å². The SMILES string of the molecule is O=C(CNc1cccc(C#Cc2ccccc2)c1)Nc1cccc(F)c1. The Labute approximate surface area is 151 Å². The Morgan fingerprint density at radius 3 is 2.31 bits per heavy atom. The fraction of sp³-hybridized carbons (Fsp3) is 0.0455. The first kappa shape index (κ1) is 17.2. The van der Waals surface area contributed by atoms with Gasteiger partial charge in [0.15, 0.2) is 0 Å². The summed E-state index contributed by atoms with van der Waals surface area (Å²) in [7, 11) is 0. The van der Waals surface area contributed by atoms with E-state index in [-0.39, 0.29) is 18.3 Å². The van der Waals surface area contributed by atoms with Gasteiger partial charge in [-0.2, -0.15) is 0 Å². The lowest BCUT2D eigenvalue weighted by atomic mass is 10.1. The molecule has 0 spiro atoms. The molecule has 0 aliphatic rings. The second-order valence-corrected chi connectivity index (χ2v) is 5.61. The third-order valence-electron chi connectivity index (χ3n) is 3.55. The number of anilines is 2. The zero-order valence-electron chi connectivity index (χ0n) is 14.0. The van der Waals surface area contributed by atoms with E-state index in [0.29, 0.717) is 5.69 Å². The standard InChI is InChI=1S/C22H17FN2O/c23-19-9-5-11-21(15-19)25-22(26)16-24-20-10-4-8-18(14-20)13-12-17-6-2-1-3-7-17/h1-11,14-15,24H,16H2,(H,25,26). The van der Waals surface area contributed by atoms with E-state index in [9.17, 15) is 9.18 Å². The summed E-state index contributed by atoms with van der Waals surface area (Å²) in [4.78, 5) is 12.0. The summed E-state index contributed by atoms with van der Waals surface area (Å²) in [6.07, 6.45) is 0. The van der Waals surface area contributed by atoms with E-state index in [4.69, 9.17) is 0 Å². The number of hydrogen-bond acceptors (Lipinski definition) is 2. The van der Waals surface area contributed by atoms with E-state index in [0.717, 1.165) is 16.8 Å². The molecular weight excluding hydrogens is 327 g/mol. The fourth-order valence-electron chi connectivity index (χ4n) is 2.33. The summed E-state index contributed by atoms with van der Waals surface area (Å²) in [6.45, 7) is 0.0755. The van der Waals surface area contributed by atoms with Crippen LogP contribution in [0.1, 0.15) is 11.1 Å². The molecule has 0 aliphatic heterocycles. The molecule has 0 aliphatic carbocycles. The third kappa shape index (κ3) is 5.22. The predicted molar refractivity (Wildman–Crippen MR) is 102 cm³/mol.